The monoisotopic (exact) mass is 519 g/mol. The molecule has 1 aliphatic carbocycles. The van der Waals surface area contributed by atoms with Crippen LogP contribution in [0, 0.1) is 13.8 Å². The summed E-state index contributed by atoms with van der Waals surface area (Å²) in [6, 6.07) is 11.8. The molecule has 1 fully saturated rings. The van der Waals surface area contributed by atoms with Crippen LogP contribution >= 0.6 is 11.6 Å². The van der Waals surface area contributed by atoms with Gasteiger partial charge < -0.3 is 10.2 Å². The van der Waals surface area contributed by atoms with Gasteiger partial charge in [0, 0.05) is 17.6 Å². The number of nitrogens with zero attached hydrogens (tertiary/aromatic N) is 2. The summed E-state index contributed by atoms with van der Waals surface area (Å²) in [6.07, 6.45) is 5.06. The number of aryl methyl sites for hydroxylation is 2. The van der Waals surface area contributed by atoms with Gasteiger partial charge in [-0.05, 0) is 68.5 Å². The van der Waals surface area contributed by atoms with E-state index < -0.39 is 28.5 Å². The first-order chi connectivity index (χ1) is 16.5. The number of anilines is 1. The molecule has 0 aliphatic heterocycles. The maximum atomic E-state index is 13.6. The van der Waals surface area contributed by atoms with E-state index in [1.54, 1.807) is 37.3 Å². The molecule has 0 radical (unpaired) electrons. The zero-order chi connectivity index (χ0) is 25.8. The topological polar surface area (TPSA) is 86.8 Å². The molecule has 2 amide bonds. The van der Waals surface area contributed by atoms with E-state index in [-0.39, 0.29) is 18.5 Å². The van der Waals surface area contributed by atoms with Crippen LogP contribution in [0.2, 0.25) is 5.02 Å². The van der Waals surface area contributed by atoms with Gasteiger partial charge in [-0.15, -0.1) is 0 Å². The van der Waals surface area contributed by atoms with Crippen molar-refractivity contribution in [2.24, 2.45) is 0 Å². The summed E-state index contributed by atoms with van der Waals surface area (Å²) in [6.45, 7) is 5.08. The van der Waals surface area contributed by atoms with E-state index in [9.17, 15) is 18.0 Å². The molecular formula is C26H34ClN3O4S. The van der Waals surface area contributed by atoms with Gasteiger partial charge in [0.2, 0.25) is 21.8 Å². The maximum Gasteiger partial charge on any atom is 0.244 e. The van der Waals surface area contributed by atoms with Gasteiger partial charge in [-0.2, -0.15) is 0 Å². The number of hydrogen-bond acceptors (Lipinski definition) is 4. The SMILES string of the molecule is Cc1cc(C)cc(N(CC(=O)N(Cc2ccccc2Cl)[C@@H](C)C(=O)NC2CCCC2)S(C)(=O)=O)c1. The van der Waals surface area contributed by atoms with Crippen molar-refractivity contribution in [1.29, 1.82) is 0 Å². The molecule has 3 rings (SSSR count). The number of rotatable bonds is 9. The van der Waals surface area contributed by atoms with Crippen LogP contribution in [0.15, 0.2) is 42.5 Å². The minimum absolute atomic E-state index is 0.0855. The lowest BCUT2D eigenvalue weighted by Crippen LogP contribution is -2.52. The molecule has 0 saturated heterocycles. The maximum absolute atomic E-state index is 13.6. The van der Waals surface area contributed by atoms with Gasteiger partial charge in [-0.1, -0.05) is 48.7 Å². The Kier molecular flexibility index (Phi) is 8.83. The van der Waals surface area contributed by atoms with E-state index in [4.69, 9.17) is 11.6 Å². The Morgan fingerprint density at radius 2 is 1.69 bits per heavy atom. The van der Waals surface area contributed by atoms with Crippen molar-refractivity contribution in [1.82, 2.24) is 10.2 Å². The number of halogens is 1. The van der Waals surface area contributed by atoms with E-state index in [1.165, 1.54) is 4.90 Å². The molecular weight excluding hydrogens is 486 g/mol. The standard InChI is InChI=1S/C26H34ClN3O4S/c1-18-13-19(2)15-23(14-18)30(35(4,33)34)17-25(31)29(16-21-9-5-8-12-24(21)27)20(3)26(32)28-22-10-6-7-11-22/h5,8-9,12-15,20,22H,6-7,10-11,16-17H2,1-4H3,(H,28,32)/t20-/m0/s1. The molecule has 2 aromatic rings. The highest BCUT2D eigenvalue weighted by molar-refractivity contribution is 7.92. The van der Waals surface area contributed by atoms with Gasteiger partial charge in [0.05, 0.1) is 11.9 Å². The molecule has 0 aromatic heterocycles. The Morgan fingerprint density at radius 3 is 2.26 bits per heavy atom. The largest absolute Gasteiger partial charge is 0.352 e. The molecule has 35 heavy (non-hydrogen) atoms. The van der Waals surface area contributed by atoms with Crippen molar-refractivity contribution >= 4 is 39.1 Å². The first-order valence-electron chi connectivity index (χ1n) is 11.8. The predicted octanol–water partition coefficient (Wildman–Crippen LogP) is 4.20. The normalized spacial score (nSPS) is 15.0. The molecule has 7 nitrogen and oxygen atoms in total. The zero-order valence-electron chi connectivity index (χ0n) is 20.8. The van der Waals surface area contributed by atoms with E-state index in [0.29, 0.717) is 16.3 Å². The molecule has 2 aromatic carbocycles. The molecule has 0 spiro atoms. The van der Waals surface area contributed by atoms with Gasteiger partial charge >= 0.3 is 0 Å². The number of carbonyl (C=O) groups is 2. The van der Waals surface area contributed by atoms with Crippen molar-refractivity contribution in [3.05, 3.63) is 64.2 Å². The Morgan fingerprint density at radius 1 is 1.09 bits per heavy atom. The van der Waals surface area contributed by atoms with Gasteiger partial charge in [0.1, 0.15) is 12.6 Å². The Bertz CT molecular complexity index is 1160. The first-order valence-corrected chi connectivity index (χ1v) is 14.1. The second-order valence-corrected chi connectivity index (χ2v) is 11.7. The third-order valence-electron chi connectivity index (χ3n) is 6.34. The number of sulfonamides is 1. The smallest absolute Gasteiger partial charge is 0.244 e. The molecule has 0 unspecified atom stereocenters. The predicted molar refractivity (Wildman–Crippen MR) is 140 cm³/mol. The Labute approximate surface area is 213 Å². The van der Waals surface area contributed by atoms with Gasteiger partial charge in [0.25, 0.3) is 0 Å². The summed E-state index contributed by atoms with van der Waals surface area (Å²) in [5.74, 6) is -0.738. The number of amides is 2. The Balaban J connectivity index is 1.91. The second kappa shape index (κ2) is 11.4. The minimum atomic E-state index is -3.77. The minimum Gasteiger partial charge on any atom is -0.352 e. The van der Waals surface area contributed by atoms with Crippen LogP contribution in [-0.2, 0) is 26.2 Å². The number of nitrogens with one attached hydrogen (secondary N) is 1. The van der Waals surface area contributed by atoms with Crippen molar-refractivity contribution in [2.45, 2.75) is 65.1 Å². The summed E-state index contributed by atoms with van der Waals surface area (Å²) in [5, 5.41) is 3.52. The molecule has 1 saturated carbocycles. The van der Waals surface area contributed by atoms with Crippen molar-refractivity contribution in [3.8, 4) is 0 Å². The van der Waals surface area contributed by atoms with Crippen LogP contribution in [0.25, 0.3) is 0 Å². The molecule has 190 valence electrons. The quantitative estimate of drug-likeness (QED) is 0.538. The lowest BCUT2D eigenvalue weighted by molar-refractivity contribution is -0.139. The number of carbonyl (C=O) groups excluding carboxylic acids is 2. The van der Waals surface area contributed by atoms with E-state index in [2.05, 4.69) is 5.32 Å². The number of benzene rings is 2. The third kappa shape index (κ3) is 7.21. The molecule has 0 heterocycles. The second-order valence-electron chi connectivity index (χ2n) is 9.39. The molecule has 9 heteroatoms. The zero-order valence-corrected chi connectivity index (χ0v) is 22.3. The van der Waals surface area contributed by atoms with Crippen molar-refractivity contribution in [3.63, 3.8) is 0 Å². The molecule has 0 bridgehead atoms. The van der Waals surface area contributed by atoms with Crippen LogP contribution in [0.1, 0.15) is 49.3 Å². The summed E-state index contributed by atoms with van der Waals surface area (Å²) >= 11 is 6.36. The van der Waals surface area contributed by atoms with Crippen molar-refractivity contribution in [2.75, 3.05) is 17.1 Å². The van der Waals surface area contributed by atoms with Crippen LogP contribution in [0.4, 0.5) is 5.69 Å². The van der Waals surface area contributed by atoms with Crippen LogP contribution in [0.3, 0.4) is 0 Å². The summed E-state index contributed by atoms with van der Waals surface area (Å²) in [7, 11) is -3.77. The average Bonchev–Trinajstić information content (AvgIpc) is 3.27. The van der Waals surface area contributed by atoms with Crippen LogP contribution in [0.5, 0.6) is 0 Å². The third-order valence-corrected chi connectivity index (χ3v) is 7.85. The fourth-order valence-corrected chi connectivity index (χ4v) is 5.52. The molecule has 1 aliphatic rings. The molecule has 1 N–H and O–H groups in total. The average molecular weight is 520 g/mol. The van der Waals surface area contributed by atoms with Gasteiger partial charge in [0.15, 0.2) is 0 Å². The van der Waals surface area contributed by atoms with E-state index in [0.717, 1.165) is 47.4 Å². The van der Waals surface area contributed by atoms with Crippen LogP contribution in [-0.4, -0.2) is 50.0 Å². The molecule has 1 atom stereocenters. The number of hydrogen-bond donors (Lipinski definition) is 1. The summed E-state index contributed by atoms with van der Waals surface area (Å²) < 4.78 is 26.5. The van der Waals surface area contributed by atoms with Crippen molar-refractivity contribution < 1.29 is 18.0 Å². The lowest BCUT2D eigenvalue weighted by atomic mass is 10.1. The van der Waals surface area contributed by atoms with Crippen LogP contribution < -0.4 is 9.62 Å². The first kappa shape index (κ1) is 27.0. The summed E-state index contributed by atoms with van der Waals surface area (Å²) in [5.41, 5.74) is 2.87. The van der Waals surface area contributed by atoms with E-state index in [1.807, 2.05) is 26.0 Å². The van der Waals surface area contributed by atoms with E-state index >= 15 is 0 Å². The Hall–Kier alpha value is -2.58. The highest BCUT2D eigenvalue weighted by Gasteiger charge is 2.31. The lowest BCUT2D eigenvalue weighted by Gasteiger charge is -2.32. The van der Waals surface area contributed by atoms with Gasteiger partial charge in [-0.25, -0.2) is 8.42 Å². The fourth-order valence-electron chi connectivity index (χ4n) is 4.49. The highest BCUT2D eigenvalue weighted by atomic mass is 35.5. The highest BCUT2D eigenvalue weighted by Crippen LogP contribution is 2.24. The fraction of sp³-hybridized carbons (Fsp3) is 0.462. The van der Waals surface area contributed by atoms with Gasteiger partial charge in [-0.3, -0.25) is 13.9 Å². The summed E-state index contributed by atoms with van der Waals surface area (Å²) in [4.78, 5) is 28.1.